The molecule has 0 saturated carbocycles. The van der Waals surface area contributed by atoms with E-state index in [1.54, 1.807) is 0 Å². The molecule has 2 heterocycles. The first-order chi connectivity index (χ1) is 14.8. The van der Waals surface area contributed by atoms with Gasteiger partial charge in [0.15, 0.2) is 5.76 Å². The zero-order chi connectivity index (χ0) is 20.3. The number of benzene rings is 3. The molecule has 0 aliphatic carbocycles. The highest BCUT2D eigenvalue weighted by atomic mass is 16.5. The fourth-order valence-electron chi connectivity index (χ4n) is 4.02. The number of anilines is 1. The molecule has 3 aromatic carbocycles. The number of ether oxygens (including phenoxy) is 1. The van der Waals surface area contributed by atoms with Crippen LogP contribution in [0.25, 0.3) is 22.3 Å². The van der Waals surface area contributed by atoms with E-state index in [0.29, 0.717) is 6.61 Å². The molecule has 1 aliphatic rings. The summed E-state index contributed by atoms with van der Waals surface area (Å²) in [5.74, 6) is 1.80. The first kappa shape index (κ1) is 18.8. The Morgan fingerprint density at radius 2 is 1.53 bits per heavy atom. The first-order valence-electron chi connectivity index (χ1n) is 10.5. The van der Waals surface area contributed by atoms with Crippen molar-refractivity contribution in [2.24, 2.45) is 0 Å². The van der Waals surface area contributed by atoms with Crippen LogP contribution in [0.4, 0.5) is 5.69 Å². The molecule has 1 aliphatic heterocycles. The molecule has 4 aromatic rings. The predicted octanol–water partition coefficient (Wildman–Crippen LogP) is 5.43. The van der Waals surface area contributed by atoms with Gasteiger partial charge in [-0.3, -0.25) is 0 Å². The molecule has 0 bridgehead atoms. The van der Waals surface area contributed by atoms with Crippen LogP contribution < -0.4 is 9.64 Å². The Labute approximate surface area is 177 Å². The maximum Gasteiger partial charge on any atom is 0.158 e. The summed E-state index contributed by atoms with van der Waals surface area (Å²) in [6.45, 7) is 4.62. The zero-order valence-corrected chi connectivity index (χ0v) is 17.3. The van der Waals surface area contributed by atoms with Crippen molar-refractivity contribution >= 4 is 16.7 Å². The highest BCUT2D eigenvalue weighted by Gasteiger charge is 2.24. The van der Waals surface area contributed by atoms with Crippen LogP contribution in [0.5, 0.6) is 5.75 Å². The van der Waals surface area contributed by atoms with Crippen LogP contribution in [0.2, 0.25) is 0 Å². The Hall–Kier alpha value is -3.24. The Kier molecular flexibility index (Phi) is 5.16. The lowest BCUT2D eigenvalue weighted by Gasteiger charge is -2.34. The molecule has 152 valence electrons. The number of likely N-dealkylation sites (N-methyl/N-ethyl adjacent to an activating group) is 1. The Balaban J connectivity index is 1.53. The molecular formula is C26H26N2O2. The normalized spacial score (nSPS) is 14.9. The van der Waals surface area contributed by atoms with Crippen molar-refractivity contribution in [3.63, 3.8) is 0 Å². The SMILES string of the molecule is CN1CCN(c2c(-c3ccccc3)oc3ccc(OCc4ccccc4)cc23)CC1. The number of fused-ring (bicyclic) bond motifs is 1. The molecule has 5 rings (SSSR count). The summed E-state index contributed by atoms with van der Waals surface area (Å²) in [5.41, 5.74) is 4.34. The van der Waals surface area contributed by atoms with Gasteiger partial charge in [-0.25, -0.2) is 0 Å². The first-order valence-corrected chi connectivity index (χ1v) is 10.5. The van der Waals surface area contributed by atoms with Gasteiger partial charge in [0.1, 0.15) is 17.9 Å². The maximum atomic E-state index is 6.37. The molecule has 1 saturated heterocycles. The summed E-state index contributed by atoms with van der Waals surface area (Å²) in [6.07, 6.45) is 0. The summed E-state index contributed by atoms with van der Waals surface area (Å²) in [7, 11) is 2.18. The molecular weight excluding hydrogens is 372 g/mol. The van der Waals surface area contributed by atoms with Gasteiger partial charge in [-0.2, -0.15) is 0 Å². The number of piperazine rings is 1. The van der Waals surface area contributed by atoms with Gasteiger partial charge in [0, 0.05) is 37.1 Å². The van der Waals surface area contributed by atoms with Gasteiger partial charge in [-0.05, 0) is 30.8 Å². The third-order valence-corrected chi connectivity index (χ3v) is 5.74. The van der Waals surface area contributed by atoms with Gasteiger partial charge in [-0.15, -0.1) is 0 Å². The second-order valence-electron chi connectivity index (χ2n) is 7.87. The van der Waals surface area contributed by atoms with Crippen LogP contribution in [0.15, 0.2) is 83.3 Å². The van der Waals surface area contributed by atoms with E-state index in [1.165, 1.54) is 5.69 Å². The van der Waals surface area contributed by atoms with E-state index in [9.17, 15) is 0 Å². The van der Waals surface area contributed by atoms with Crippen molar-refractivity contribution in [2.45, 2.75) is 6.61 Å². The van der Waals surface area contributed by atoms with E-state index in [4.69, 9.17) is 9.15 Å². The summed E-state index contributed by atoms with van der Waals surface area (Å²) in [5, 5.41) is 1.11. The van der Waals surface area contributed by atoms with Crippen LogP contribution in [-0.2, 0) is 6.61 Å². The summed E-state index contributed by atoms with van der Waals surface area (Å²) < 4.78 is 12.5. The summed E-state index contributed by atoms with van der Waals surface area (Å²) in [4.78, 5) is 4.82. The van der Waals surface area contributed by atoms with E-state index in [-0.39, 0.29) is 0 Å². The van der Waals surface area contributed by atoms with Crippen molar-refractivity contribution in [3.05, 3.63) is 84.4 Å². The standard InChI is InChI=1S/C26H26N2O2/c1-27-14-16-28(17-15-27)25-23-18-22(29-19-20-8-4-2-5-9-20)12-13-24(23)30-26(25)21-10-6-3-7-11-21/h2-13,18H,14-17,19H2,1H3. The average molecular weight is 399 g/mol. The number of rotatable bonds is 5. The molecule has 4 nitrogen and oxygen atoms in total. The lowest BCUT2D eigenvalue weighted by molar-refractivity contribution is 0.306. The van der Waals surface area contributed by atoms with E-state index in [2.05, 4.69) is 59.3 Å². The topological polar surface area (TPSA) is 28.9 Å². The monoisotopic (exact) mass is 398 g/mol. The van der Waals surface area contributed by atoms with Gasteiger partial charge < -0.3 is 19.0 Å². The minimum Gasteiger partial charge on any atom is -0.489 e. The van der Waals surface area contributed by atoms with Crippen molar-refractivity contribution in [1.82, 2.24) is 4.90 Å². The third-order valence-electron chi connectivity index (χ3n) is 5.74. The molecule has 0 amide bonds. The molecule has 30 heavy (non-hydrogen) atoms. The van der Waals surface area contributed by atoms with Crippen LogP contribution in [0.3, 0.4) is 0 Å². The molecule has 1 aromatic heterocycles. The Bertz CT molecular complexity index is 1110. The maximum absolute atomic E-state index is 6.37. The van der Waals surface area contributed by atoms with Gasteiger partial charge in [0.2, 0.25) is 0 Å². The zero-order valence-electron chi connectivity index (χ0n) is 17.3. The molecule has 0 spiro atoms. The van der Waals surface area contributed by atoms with Crippen LogP contribution in [0, 0.1) is 0 Å². The van der Waals surface area contributed by atoms with E-state index >= 15 is 0 Å². The average Bonchev–Trinajstić information content (AvgIpc) is 3.18. The molecule has 4 heteroatoms. The Morgan fingerprint density at radius 1 is 0.833 bits per heavy atom. The molecule has 0 radical (unpaired) electrons. The van der Waals surface area contributed by atoms with Crippen LogP contribution in [-0.4, -0.2) is 38.1 Å². The highest BCUT2D eigenvalue weighted by molar-refractivity contribution is 6.00. The van der Waals surface area contributed by atoms with Crippen molar-refractivity contribution in [2.75, 3.05) is 38.1 Å². The van der Waals surface area contributed by atoms with E-state index in [0.717, 1.165) is 59.8 Å². The van der Waals surface area contributed by atoms with Crippen molar-refractivity contribution in [3.8, 4) is 17.1 Å². The fraction of sp³-hybridized carbons (Fsp3) is 0.231. The quantitative estimate of drug-likeness (QED) is 0.448. The van der Waals surface area contributed by atoms with E-state index < -0.39 is 0 Å². The van der Waals surface area contributed by atoms with Gasteiger partial charge in [0.25, 0.3) is 0 Å². The second-order valence-corrected chi connectivity index (χ2v) is 7.87. The number of hydrogen-bond donors (Lipinski definition) is 0. The smallest absolute Gasteiger partial charge is 0.158 e. The largest absolute Gasteiger partial charge is 0.489 e. The summed E-state index contributed by atoms with van der Waals surface area (Å²) in [6, 6.07) is 26.8. The molecule has 0 atom stereocenters. The van der Waals surface area contributed by atoms with Crippen LogP contribution in [0.1, 0.15) is 5.56 Å². The molecule has 0 unspecified atom stereocenters. The van der Waals surface area contributed by atoms with Gasteiger partial charge in [-0.1, -0.05) is 60.7 Å². The number of hydrogen-bond acceptors (Lipinski definition) is 4. The lowest BCUT2D eigenvalue weighted by atomic mass is 10.1. The fourth-order valence-corrected chi connectivity index (χ4v) is 4.02. The van der Waals surface area contributed by atoms with Crippen LogP contribution >= 0.6 is 0 Å². The molecule has 0 N–H and O–H groups in total. The van der Waals surface area contributed by atoms with Crippen molar-refractivity contribution < 1.29 is 9.15 Å². The molecule has 1 fully saturated rings. The van der Waals surface area contributed by atoms with Gasteiger partial charge >= 0.3 is 0 Å². The number of nitrogens with zero attached hydrogens (tertiary/aromatic N) is 2. The second kappa shape index (κ2) is 8.25. The van der Waals surface area contributed by atoms with E-state index in [1.807, 2.05) is 36.4 Å². The van der Waals surface area contributed by atoms with Crippen molar-refractivity contribution in [1.29, 1.82) is 0 Å². The summed E-state index contributed by atoms with van der Waals surface area (Å²) >= 11 is 0. The minimum atomic E-state index is 0.555. The number of furan rings is 1. The minimum absolute atomic E-state index is 0.555. The lowest BCUT2D eigenvalue weighted by Crippen LogP contribution is -2.44. The third kappa shape index (κ3) is 3.79. The van der Waals surface area contributed by atoms with Gasteiger partial charge in [0.05, 0.1) is 5.69 Å². The Morgan fingerprint density at radius 3 is 2.27 bits per heavy atom. The predicted molar refractivity (Wildman–Crippen MR) is 122 cm³/mol. The highest BCUT2D eigenvalue weighted by Crippen LogP contribution is 2.42.